The Kier molecular flexibility index (Phi) is 5.87. The Morgan fingerprint density at radius 2 is 2.03 bits per heavy atom. The third-order valence-electron chi connectivity index (χ3n) is 7.11. The molecule has 0 unspecified atom stereocenters. The Morgan fingerprint density at radius 3 is 2.69 bits per heavy atom. The van der Waals surface area contributed by atoms with Crippen molar-refractivity contribution < 1.29 is 9.47 Å². The second-order valence-corrected chi connectivity index (χ2v) is 10.6. The van der Waals surface area contributed by atoms with Gasteiger partial charge in [-0.25, -0.2) is 0 Å². The maximum atomic E-state index is 6.44. The zero-order valence-electron chi connectivity index (χ0n) is 19.0. The van der Waals surface area contributed by atoms with Crippen molar-refractivity contribution >= 4 is 0 Å². The molecule has 2 aliphatic heterocycles. The quantitative estimate of drug-likeness (QED) is 0.641. The van der Waals surface area contributed by atoms with Gasteiger partial charge in [0.05, 0.1) is 12.2 Å². The highest BCUT2D eigenvalue weighted by molar-refractivity contribution is 5.46. The SMILES string of the molecule is C=C(NC1CC(CN2CCC3(CC2)OCCC2=C3C=C(CC)C2)C1)OC(C)(C)C. The fourth-order valence-corrected chi connectivity index (χ4v) is 5.58. The highest BCUT2D eigenvalue weighted by Gasteiger charge is 2.43. The van der Waals surface area contributed by atoms with Crippen LogP contribution < -0.4 is 5.32 Å². The Hall–Kier alpha value is -1.26. The van der Waals surface area contributed by atoms with Gasteiger partial charge in [0, 0.05) is 25.7 Å². The predicted molar refractivity (Wildman–Crippen MR) is 119 cm³/mol. The highest BCUT2D eigenvalue weighted by Crippen LogP contribution is 2.46. The van der Waals surface area contributed by atoms with Gasteiger partial charge in [0.15, 0.2) is 5.88 Å². The van der Waals surface area contributed by atoms with Crippen LogP contribution >= 0.6 is 0 Å². The monoisotopic (exact) mass is 400 g/mol. The standard InChI is InChI=1S/C25H40N2O2/c1-6-19-13-21-7-12-28-25(23(21)16-19)8-10-27(11-9-25)17-20-14-22(15-20)26-18(2)29-24(3,4)5/h16,20,22,26H,2,6-15,17H2,1,3-5H3. The molecule has 0 aromatic rings. The predicted octanol–water partition coefficient (Wildman–Crippen LogP) is 4.93. The molecule has 4 aliphatic rings. The topological polar surface area (TPSA) is 33.7 Å². The number of nitrogens with zero attached hydrogens (tertiary/aromatic N) is 1. The van der Waals surface area contributed by atoms with Crippen LogP contribution in [0.1, 0.15) is 72.6 Å². The molecule has 0 aromatic heterocycles. The minimum Gasteiger partial charge on any atom is -0.474 e. The number of fused-ring (bicyclic) bond motifs is 1. The lowest BCUT2D eigenvalue weighted by Gasteiger charge is -2.47. The third kappa shape index (κ3) is 4.74. The molecular formula is C25H40N2O2. The van der Waals surface area contributed by atoms with E-state index < -0.39 is 0 Å². The summed E-state index contributed by atoms with van der Waals surface area (Å²) in [4.78, 5) is 2.67. The summed E-state index contributed by atoms with van der Waals surface area (Å²) >= 11 is 0. The number of piperidine rings is 1. The first-order valence-corrected chi connectivity index (χ1v) is 11.7. The van der Waals surface area contributed by atoms with Crippen molar-refractivity contribution in [1.29, 1.82) is 0 Å². The summed E-state index contributed by atoms with van der Waals surface area (Å²) < 4.78 is 12.2. The number of ether oxygens (including phenoxy) is 2. The molecular weight excluding hydrogens is 360 g/mol. The Balaban J connectivity index is 1.22. The van der Waals surface area contributed by atoms with E-state index in [1.54, 1.807) is 16.7 Å². The number of nitrogens with one attached hydrogen (secondary N) is 1. The molecule has 2 fully saturated rings. The van der Waals surface area contributed by atoms with Gasteiger partial charge in [0.25, 0.3) is 0 Å². The molecule has 0 amide bonds. The Morgan fingerprint density at radius 1 is 1.31 bits per heavy atom. The van der Waals surface area contributed by atoms with Crippen LogP contribution in [0.15, 0.2) is 35.3 Å². The minimum atomic E-state index is -0.181. The van der Waals surface area contributed by atoms with Gasteiger partial charge in [-0.2, -0.15) is 0 Å². The van der Waals surface area contributed by atoms with Crippen LogP contribution in [0.25, 0.3) is 0 Å². The van der Waals surface area contributed by atoms with Gasteiger partial charge in [-0.1, -0.05) is 24.1 Å². The summed E-state index contributed by atoms with van der Waals surface area (Å²) in [5, 5.41) is 3.45. The lowest BCUT2D eigenvalue weighted by atomic mass is 9.77. The lowest BCUT2D eigenvalue weighted by molar-refractivity contribution is -0.0664. The molecule has 4 heteroatoms. The zero-order valence-corrected chi connectivity index (χ0v) is 19.0. The van der Waals surface area contributed by atoms with Crippen molar-refractivity contribution in [2.75, 3.05) is 26.2 Å². The second-order valence-electron chi connectivity index (χ2n) is 10.6. The molecule has 0 aromatic carbocycles. The molecule has 29 heavy (non-hydrogen) atoms. The average Bonchev–Trinajstić information content (AvgIpc) is 3.05. The third-order valence-corrected chi connectivity index (χ3v) is 7.11. The maximum absolute atomic E-state index is 6.44. The minimum absolute atomic E-state index is 0.0206. The summed E-state index contributed by atoms with van der Waals surface area (Å²) in [6.07, 6.45) is 10.8. The Labute approximate surface area is 177 Å². The van der Waals surface area contributed by atoms with Crippen molar-refractivity contribution in [1.82, 2.24) is 10.2 Å². The fraction of sp³-hybridized carbons (Fsp3) is 0.760. The number of hydrogen-bond donors (Lipinski definition) is 1. The van der Waals surface area contributed by atoms with Gasteiger partial charge >= 0.3 is 0 Å². The molecule has 0 atom stereocenters. The van der Waals surface area contributed by atoms with Crippen LogP contribution in [0.3, 0.4) is 0 Å². The first-order chi connectivity index (χ1) is 13.8. The van der Waals surface area contributed by atoms with E-state index in [1.165, 1.54) is 45.3 Å². The summed E-state index contributed by atoms with van der Waals surface area (Å²) in [7, 11) is 0. The smallest absolute Gasteiger partial charge is 0.180 e. The van der Waals surface area contributed by atoms with Gasteiger partial charge in [0.2, 0.25) is 0 Å². The molecule has 4 nitrogen and oxygen atoms in total. The summed E-state index contributed by atoms with van der Waals surface area (Å²) in [6.45, 7) is 17.0. The molecule has 2 heterocycles. The molecule has 1 spiro atoms. The van der Waals surface area contributed by atoms with Gasteiger partial charge in [-0.15, -0.1) is 0 Å². The number of hydrogen-bond acceptors (Lipinski definition) is 4. The van der Waals surface area contributed by atoms with Crippen molar-refractivity contribution in [3.05, 3.63) is 35.3 Å². The van der Waals surface area contributed by atoms with Crippen molar-refractivity contribution in [2.24, 2.45) is 5.92 Å². The van der Waals surface area contributed by atoms with Crippen LogP contribution in [0.5, 0.6) is 0 Å². The van der Waals surface area contributed by atoms with E-state index in [4.69, 9.17) is 9.47 Å². The van der Waals surface area contributed by atoms with Gasteiger partial charge in [0.1, 0.15) is 5.60 Å². The Bertz CT molecular complexity index is 686. The van der Waals surface area contributed by atoms with Crippen LogP contribution in [0.2, 0.25) is 0 Å². The van der Waals surface area contributed by atoms with Crippen LogP contribution in [-0.4, -0.2) is 48.4 Å². The summed E-state index contributed by atoms with van der Waals surface area (Å²) in [5.74, 6) is 1.51. The number of allylic oxidation sites excluding steroid dienone is 1. The first kappa shape index (κ1) is 21.0. The number of likely N-dealkylation sites (tertiary alicyclic amines) is 1. The molecule has 1 N–H and O–H groups in total. The van der Waals surface area contributed by atoms with E-state index in [2.05, 4.69) is 50.6 Å². The lowest BCUT2D eigenvalue weighted by Crippen LogP contribution is -2.52. The van der Waals surface area contributed by atoms with Crippen molar-refractivity contribution in [3.63, 3.8) is 0 Å². The van der Waals surface area contributed by atoms with Gasteiger partial charge in [-0.3, -0.25) is 0 Å². The molecule has 0 radical (unpaired) electrons. The first-order valence-electron chi connectivity index (χ1n) is 11.7. The van der Waals surface area contributed by atoms with Crippen LogP contribution in [0, 0.1) is 5.92 Å². The van der Waals surface area contributed by atoms with Crippen LogP contribution in [0.4, 0.5) is 0 Å². The summed E-state index contributed by atoms with van der Waals surface area (Å²) in [6, 6.07) is 0.525. The molecule has 4 rings (SSSR count). The van der Waals surface area contributed by atoms with Crippen molar-refractivity contribution in [2.45, 2.75) is 89.9 Å². The average molecular weight is 401 g/mol. The largest absolute Gasteiger partial charge is 0.474 e. The molecule has 1 saturated carbocycles. The van der Waals surface area contributed by atoms with E-state index in [9.17, 15) is 0 Å². The van der Waals surface area contributed by atoms with E-state index in [-0.39, 0.29) is 11.2 Å². The van der Waals surface area contributed by atoms with E-state index >= 15 is 0 Å². The van der Waals surface area contributed by atoms with Crippen molar-refractivity contribution in [3.8, 4) is 0 Å². The fourth-order valence-electron chi connectivity index (χ4n) is 5.58. The number of rotatable bonds is 6. The van der Waals surface area contributed by atoms with E-state index in [0.29, 0.717) is 6.04 Å². The molecule has 162 valence electrons. The maximum Gasteiger partial charge on any atom is 0.180 e. The van der Waals surface area contributed by atoms with E-state index in [0.717, 1.165) is 37.7 Å². The molecule has 2 aliphatic carbocycles. The molecule has 0 bridgehead atoms. The van der Waals surface area contributed by atoms with Crippen LogP contribution in [-0.2, 0) is 9.47 Å². The van der Waals surface area contributed by atoms with E-state index in [1.807, 2.05) is 0 Å². The molecule has 1 saturated heterocycles. The zero-order chi connectivity index (χ0) is 20.6. The van der Waals surface area contributed by atoms with Gasteiger partial charge < -0.3 is 19.7 Å². The summed E-state index contributed by atoms with van der Waals surface area (Å²) in [5.41, 5.74) is 4.68. The second kappa shape index (κ2) is 8.11. The normalized spacial score (nSPS) is 29.3. The highest BCUT2D eigenvalue weighted by atomic mass is 16.5. The van der Waals surface area contributed by atoms with Gasteiger partial charge in [-0.05, 0) is 83.8 Å².